The van der Waals surface area contributed by atoms with E-state index in [1.807, 2.05) is 13.0 Å². The van der Waals surface area contributed by atoms with Crippen molar-refractivity contribution >= 4 is 11.9 Å². The molecule has 0 N–H and O–H groups in total. The number of hydrogen-bond acceptors (Lipinski definition) is 3. The fourth-order valence-electron chi connectivity index (χ4n) is 4.71. The Morgan fingerprint density at radius 2 is 1.77 bits per heavy atom. The summed E-state index contributed by atoms with van der Waals surface area (Å²) in [6.07, 6.45) is 8.85. The number of hydrogen-bond donors (Lipinski definition) is 0. The normalized spacial score (nSPS) is 21.7. The standard InChI is InChI=1S/C21H32N2O3/c1-4-26-21(25)19-12-8-9-13-22(19)20(24)18-14-15(2)23(16(18)3)17-10-6-5-7-11-17/h14,17,19H,4-13H2,1-3H3. The molecule has 0 aromatic carbocycles. The van der Waals surface area contributed by atoms with Crippen LogP contribution in [0.25, 0.3) is 0 Å². The molecule has 1 saturated carbocycles. The van der Waals surface area contributed by atoms with E-state index in [2.05, 4.69) is 18.4 Å². The average Bonchev–Trinajstić information content (AvgIpc) is 2.96. The number of nitrogens with zero attached hydrogens (tertiary/aromatic N) is 2. The van der Waals surface area contributed by atoms with Gasteiger partial charge < -0.3 is 14.2 Å². The van der Waals surface area contributed by atoms with Gasteiger partial charge in [0.15, 0.2) is 0 Å². The first-order valence-corrected chi connectivity index (χ1v) is 10.2. The number of ether oxygens (including phenoxy) is 1. The maximum absolute atomic E-state index is 13.3. The molecule has 1 aromatic heterocycles. The van der Waals surface area contributed by atoms with E-state index in [9.17, 15) is 9.59 Å². The lowest BCUT2D eigenvalue weighted by Crippen LogP contribution is -2.48. The minimum Gasteiger partial charge on any atom is -0.464 e. The van der Waals surface area contributed by atoms with Gasteiger partial charge in [-0.15, -0.1) is 0 Å². The molecule has 1 unspecified atom stereocenters. The van der Waals surface area contributed by atoms with Crippen molar-refractivity contribution in [3.05, 3.63) is 23.0 Å². The van der Waals surface area contributed by atoms with E-state index in [4.69, 9.17) is 4.74 Å². The van der Waals surface area contributed by atoms with Gasteiger partial charge in [-0.3, -0.25) is 4.79 Å². The van der Waals surface area contributed by atoms with Crippen molar-refractivity contribution in [2.24, 2.45) is 0 Å². The molecule has 2 fully saturated rings. The van der Waals surface area contributed by atoms with Gasteiger partial charge in [-0.25, -0.2) is 4.79 Å². The lowest BCUT2D eigenvalue weighted by molar-refractivity contribution is -0.149. The van der Waals surface area contributed by atoms with E-state index >= 15 is 0 Å². The Bertz CT molecular complexity index is 658. The third-order valence-corrected chi connectivity index (χ3v) is 5.98. The van der Waals surface area contributed by atoms with Crippen LogP contribution in [-0.4, -0.2) is 40.5 Å². The van der Waals surface area contributed by atoms with E-state index < -0.39 is 6.04 Å². The SMILES string of the molecule is CCOC(=O)C1CCCCN1C(=O)c1cc(C)n(C2CCCCC2)c1C. The molecule has 1 aromatic rings. The highest BCUT2D eigenvalue weighted by atomic mass is 16.5. The minimum absolute atomic E-state index is 0.0158. The number of piperidine rings is 1. The van der Waals surface area contributed by atoms with Crippen LogP contribution in [0.3, 0.4) is 0 Å². The van der Waals surface area contributed by atoms with Gasteiger partial charge in [0.05, 0.1) is 12.2 Å². The van der Waals surface area contributed by atoms with Crippen LogP contribution < -0.4 is 0 Å². The number of aryl methyl sites for hydroxylation is 1. The zero-order valence-electron chi connectivity index (χ0n) is 16.4. The van der Waals surface area contributed by atoms with Crippen LogP contribution >= 0.6 is 0 Å². The van der Waals surface area contributed by atoms with Crippen LogP contribution in [0.2, 0.25) is 0 Å². The topological polar surface area (TPSA) is 51.5 Å². The van der Waals surface area contributed by atoms with Crippen molar-refractivity contribution in [3.63, 3.8) is 0 Å². The molecule has 144 valence electrons. The third kappa shape index (κ3) is 3.67. The number of likely N-dealkylation sites (tertiary alicyclic amines) is 1. The second-order valence-electron chi connectivity index (χ2n) is 7.71. The Morgan fingerprint density at radius 1 is 1.08 bits per heavy atom. The summed E-state index contributed by atoms with van der Waals surface area (Å²) in [6, 6.07) is 2.09. The fraction of sp³-hybridized carbons (Fsp3) is 0.714. The van der Waals surface area contributed by atoms with Crippen molar-refractivity contribution in [2.75, 3.05) is 13.2 Å². The van der Waals surface area contributed by atoms with Crippen LogP contribution in [0, 0.1) is 13.8 Å². The summed E-state index contributed by atoms with van der Waals surface area (Å²) < 4.78 is 7.57. The first kappa shape index (κ1) is 19.0. The Kier molecular flexibility index (Phi) is 6.05. The van der Waals surface area contributed by atoms with E-state index in [-0.39, 0.29) is 11.9 Å². The van der Waals surface area contributed by atoms with Crippen LogP contribution in [0.4, 0.5) is 0 Å². The quantitative estimate of drug-likeness (QED) is 0.757. The predicted molar refractivity (Wildman–Crippen MR) is 101 cm³/mol. The molecule has 1 aliphatic carbocycles. The van der Waals surface area contributed by atoms with Gasteiger partial charge in [-0.1, -0.05) is 19.3 Å². The maximum Gasteiger partial charge on any atom is 0.328 e. The van der Waals surface area contributed by atoms with Crippen molar-refractivity contribution in [1.82, 2.24) is 9.47 Å². The van der Waals surface area contributed by atoms with E-state index in [1.165, 1.54) is 32.1 Å². The van der Waals surface area contributed by atoms with Gasteiger partial charge in [0.1, 0.15) is 6.04 Å². The Balaban J connectivity index is 1.85. The molecule has 0 bridgehead atoms. The number of amides is 1. The second-order valence-corrected chi connectivity index (χ2v) is 7.71. The van der Waals surface area contributed by atoms with Gasteiger partial charge in [-0.2, -0.15) is 0 Å². The third-order valence-electron chi connectivity index (χ3n) is 5.98. The zero-order chi connectivity index (χ0) is 18.7. The second kappa shape index (κ2) is 8.28. The lowest BCUT2D eigenvalue weighted by atomic mass is 9.95. The number of rotatable bonds is 4. The molecule has 5 nitrogen and oxygen atoms in total. The van der Waals surface area contributed by atoms with Gasteiger partial charge in [0.25, 0.3) is 5.91 Å². The molecule has 26 heavy (non-hydrogen) atoms. The summed E-state index contributed by atoms with van der Waals surface area (Å²) in [5.74, 6) is -0.278. The maximum atomic E-state index is 13.3. The van der Waals surface area contributed by atoms with Crippen molar-refractivity contribution in [3.8, 4) is 0 Å². The molecule has 0 radical (unpaired) electrons. The van der Waals surface area contributed by atoms with Gasteiger partial charge in [-0.05, 0) is 58.9 Å². The summed E-state index contributed by atoms with van der Waals surface area (Å²) in [5.41, 5.74) is 2.96. The van der Waals surface area contributed by atoms with Crippen LogP contribution in [0.1, 0.15) is 86.1 Å². The van der Waals surface area contributed by atoms with E-state index in [0.29, 0.717) is 25.6 Å². The molecule has 1 atom stereocenters. The summed E-state index contributed by atoms with van der Waals surface area (Å²) >= 11 is 0. The lowest BCUT2D eigenvalue weighted by Gasteiger charge is -2.34. The van der Waals surface area contributed by atoms with E-state index in [1.54, 1.807) is 4.90 Å². The molecule has 0 spiro atoms. The van der Waals surface area contributed by atoms with Crippen LogP contribution in [0.5, 0.6) is 0 Å². The molecule has 3 rings (SSSR count). The molecular weight excluding hydrogens is 328 g/mol. The number of carbonyl (C=O) groups excluding carboxylic acids is 2. The van der Waals surface area contributed by atoms with E-state index in [0.717, 1.165) is 29.8 Å². The highest BCUT2D eigenvalue weighted by Crippen LogP contribution is 2.33. The highest BCUT2D eigenvalue weighted by molar-refractivity contribution is 5.98. The number of aromatic nitrogens is 1. The Hall–Kier alpha value is -1.78. The molecular formula is C21H32N2O3. The Morgan fingerprint density at radius 3 is 2.46 bits per heavy atom. The summed E-state index contributed by atoms with van der Waals surface area (Å²) in [7, 11) is 0. The molecule has 1 saturated heterocycles. The molecule has 1 amide bonds. The first-order chi connectivity index (χ1) is 12.5. The van der Waals surface area contributed by atoms with Gasteiger partial charge in [0, 0.05) is 24.0 Å². The number of esters is 1. The summed E-state index contributed by atoms with van der Waals surface area (Å²) in [4.78, 5) is 27.4. The largest absolute Gasteiger partial charge is 0.464 e. The molecule has 1 aliphatic heterocycles. The zero-order valence-corrected chi connectivity index (χ0v) is 16.4. The van der Waals surface area contributed by atoms with Crippen molar-refractivity contribution in [2.45, 2.75) is 84.2 Å². The summed E-state index contributed by atoms with van der Waals surface area (Å²) in [5, 5.41) is 0. The average molecular weight is 360 g/mol. The van der Waals surface area contributed by atoms with Gasteiger partial charge >= 0.3 is 5.97 Å². The predicted octanol–water partition coefficient (Wildman–Crippen LogP) is 4.17. The van der Waals surface area contributed by atoms with Crippen LogP contribution in [0.15, 0.2) is 6.07 Å². The van der Waals surface area contributed by atoms with Crippen molar-refractivity contribution < 1.29 is 14.3 Å². The number of carbonyl (C=O) groups is 2. The highest BCUT2D eigenvalue weighted by Gasteiger charge is 2.35. The minimum atomic E-state index is -0.436. The molecule has 5 heteroatoms. The smallest absolute Gasteiger partial charge is 0.328 e. The Labute approximate surface area is 156 Å². The first-order valence-electron chi connectivity index (χ1n) is 10.2. The van der Waals surface area contributed by atoms with Gasteiger partial charge in [0.2, 0.25) is 0 Å². The van der Waals surface area contributed by atoms with Crippen molar-refractivity contribution in [1.29, 1.82) is 0 Å². The molecule has 2 aliphatic rings. The van der Waals surface area contributed by atoms with Crippen LogP contribution in [-0.2, 0) is 9.53 Å². The summed E-state index contributed by atoms with van der Waals surface area (Å²) in [6.45, 7) is 6.95. The fourth-order valence-corrected chi connectivity index (χ4v) is 4.71. The monoisotopic (exact) mass is 360 g/mol. The molecule has 2 heterocycles.